The van der Waals surface area contributed by atoms with Crippen LogP contribution in [0.5, 0.6) is 0 Å². The van der Waals surface area contributed by atoms with Crippen molar-refractivity contribution in [3.05, 3.63) is 0 Å². The number of rotatable bonds is 23. The first-order valence-electron chi connectivity index (χ1n) is 16.8. The van der Waals surface area contributed by atoms with E-state index in [-0.39, 0.29) is 19.4 Å². The quantitative estimate of drug-likeness (QED) is 0.0458. The van der Waals surface area contributed by atoms with Crippen molar-refractivity contribution in [2.24, 2.45) is 22.9 Å². The van der Waals surface area contributed by atoms with Gasteiger partial charge in [-0.05, 0) is 33.1 Å². The van der Waals surface area contributed by atoms with E-state index in [1.54, 1.807) is 0 Å². The van der Waals surface area contributed by atoms with Crippen molar-refractivity contribution in [2.45, 2.75) is 88.6 Å². The highest BCUT2D eigenvalue weighted by atomic mass is 16.4. The summed E-state index contributed by atoms with van der Waals surface area (Å²) in [5.74, 6) is -11.4. The van der Waals surface area contributed by atoms with Crippen LogP contribution in [0, 0.1) is 0 Å². The lowest BCUT2D eigenvalue weighted by Crippen LogP contribution is -2.58. The Labute approximate surface area is 313 Å². The fourth-order valence-electron chi connectivity index (χ4n) is 4.94. The number of likely N-dealkylation sites (tertiary alicyclic amines) is 1. The normalized spacial score (nSPS) is 16.1. The lowest BCUT2D eigenvalue weighted by molar-refractivity contribution is -0.143. The Kier molecular flexibility index (Phi) is 19.2. The van der Waals surface area contributed by atoms with Crippen LogP contribution >= 0.6 is 0 Å². The van der Waals surface area contributed by atoms with Crippen LogP contribution in [-0.2, 0) is 57.5 Å². The second-order valence-electron chi connectivity index (χ2n) is 12.4. The Morgan fingerprint density at radius 2 is 1.18 bits per heavy atom. The van der Waals surface area contributed by atoms with Gasteiger partial charge in [0.05, 0.1) is 32.0 Å². The molecule has 0 aliphatic carbocycles. The molecule has 1 heterocycles. The third-order valence-electron chi connectivity index (χ3n) is 7.67. The maximum absolute atomic E-state index is 13.5. The van der Waals surface area contributed by atoms with Crippen LogP contribution in [-0.4, -0.2) is 143 Å². The van der Waals surface area contributed by atoms with Crippen molar-refractivity contribution >= 4 is 70.9 Å². The molecule has 25 nitrogen and oxygen atoms in total. The molecule has 1 rings (SSSR count). The van der Waals surface area contributed by atoms with E-state index in [4.69, 9.17) is 28.0 Å². The first-order chi connectivity index (χ1) is 25.6. The van der Waals surface area contributed by atoms with Gasteiger partial charge in [-0.25, -0.2) is 0 Å². The van der Waals surface area contributed by atoms with Gasteiger partial charge < -0.3 is 70.2 Å². The molecule has 1 aliphatic heterocycles. The van der Waals surface area contributed by atoms with Gasteiger partial charge in [0.2, 0.25) is 65.0 Å². The van der Waals surface area contributed by atoms with Gasteiger partial charge in [0, 0.05) is 13.0 Å². The molecular weight excluding hydrogens is 736 g/mol. The highest BCUT2D eigenvalue weighted by Gasteiger charge is 2.38. The van der Waals surface area contributed by atoms with E-state index in [1.807, 2.05) is 0 Å². The molecule has 306 valence electrons. The summed E-state index contributed by atoms with van der Waals surface area (Å²) in [6, 6.07) is -8.03. The number of hydrogen-bond donors (Lipinski definition) is 12. The third-order valence-corrected chi connectivity index (χ3v) is 7.67. The molecule has 0 spiro atoms. The van der Waals surface area contributed by atoms with Gasteiger partial charge in [0.25, 0.3) is 0 Å². The molecule has 1 saturated heterocycles. The second kappa shape index (κ2) is 22.6. The van der Waals surface area contributed by atoms with Crippen LogP contribution in [0.4, 0.5) is 0 Å². The van der Waals surface area contributed by atoms with Crippen molar-refractivity contribution < 1.29 is 62.6 Å². The summed E-state index contributed by atoms with van der Waals surface area (Å²) in [5, 5.41) is 24.4. The van der Waals surface area contributed by atoms with Crippen LogP contribution in [0.15, 0.2) is 0 Å². The van der Waals surface area contributed by atoms with E-state index in [9.17, 15) is 57.5 Å². The minimum atomic E-state index is -1.70. The smallest absolute Gasteiger partial charge is 0.322 e. The number of carbonyl (C=O) groups excluding carboxylic acids is 11. The number of nitrogens with zero attached hydrogens (tertiary/aromatic N) is 1. The molecule has 0 aromatic carbocycles. The fourth-order valence-corrected chi connectivity index (χ4v) is 4.94. The average molecular weight is 785 g/mol. The standard InChI is InChI=1S/C30H48N12O13/c1-13(31)25(50)41-16(8-20(33)44)27(52)36-10-22(46)38-14(2)26(51)35-11-23(47)39-17(9-21(34)45)28(53)40-15(5-6-19(32)43)30(55)42-7-3-4-18(42)29(54)37-12-24(48)49/h13-18H,3-12,31H2,1-2H3,(H2,32,43)(H2,33,44)(H2,34,45)(H,35,51)(H,36,52)(H,37,54)(H,38,46)(H,39,47)(H,40,53)(H,41,50)(H,48,49)/t13-,14-,15-,16-,17-,18-/m0/s1. The van der Waals surface area contributed by atoms with E-state index in [1.165, 1.54) is 13.8 Å². The van der Waals surface area contributed by atoms with Crippen molar-refractivity contribution in [3.63, 3.8) is 0 Å². The number of hydrogen-bond acceptors (Lipinski definition) is 13. The van der Waals surface area contributed by atoms with Crippen molar-refractivity contribution in [3.8, 4) is 0 Å². The van der Waals surface area contributed by atoms with Crippen molar-refractivity contribution in [1.82, 2.24) is 42.1 Å². The molecule has 0 aromatic heterocycles. The maximum atomic E-state index is 13.5. The molecule has 6 atom stereocenters. The molecule has 11 amide bonds. The van der Waals surface area contributed by atoms with Gasteiger partial charge in [0.15, 0.2) is 0 Å². The monoisotopic (exact) mass is 784 g/mol. The summed E-state index contributed by atoms with van der Waals surface area (Å²) in [5.41, 5.74) is 21.0. The Hall–Kier alpha value is -6.40. The Morgan fingerprint density at radius 1 is 0.655 bits per heavy atom. The summed E-state index contributed by atoms with van der Waals surface area (Å²) in [4.78, 5) is 148. The lowest BCUT2D eigenvalue weighted by Gasteiger charge is -2.29. The number of carboxylic acids is 1. The number of carbonyl (C=O) groups is 12. The Morgan fingerprint density at radius 3 is 1.71 bits per heavy atom. The number of carboxylic acid groups (broad SMARTS) is 1. The van der Waals surface area contributed by atoms with E-state index in [0.29, 0.717) is 6.42 Å². The molecule has 0 radical (unpaired) electrons. The minimum Gasteiger partial charge on any atom is -0.480 e. The largest absolute Gasteiger partial charge is 0.480 e. The molecular formula is C30H48N12O13. The summed E-state index contributed by atoms with van der Waals surface area (Å²) < 4.78 is 0. The molecule has 0 aromatic rings. The molecule has 0 saturated carbocycles. The van der Waals surface area contributed by atoms with Gasteiger partial charge in [0.1, 0.15) is 36.8 Å². The first kappa shape index (κ1) is 46.6. The lowest BCUT2D eigenvalue weighted by atomic mass is 10.1. The summed E-state index contributed by atoms with van der Waals surface area (Å²) >= 11 is 0. The molecule has 55 heavy (non-hydrogen) atoms. The predicted molar refractivity (Wildman–Crippen MR) is 184 cm³/mol. The van der Waals surface area contributed by atoms with E-state index < -0.39 is 146 Å². The number of primary amides is 3. The van der Waals surface area contributed by atoms with Crippen LogP contribution in [0.3, 0.4) is 0 Å². The predicted octanol–water partition coefficient (Wildman–Crippen LogP) is -8.27. The molecule has 25 heteroatoms. The minimum absolute atomic E-state index is 0.0489. The van der Waals surface area contributed by atoms with Crippen LogP contribution in [0.25, 0.3) is 0 Å². The Bertz CT molecular complexity index is 1520. The first-order valence-corrected chi connectivity index (χ1v) is 16.8. The fraction of sp³-hybridized carbons (Fsp3) is 0.600. The van der Waals surface area contributed by atoms with Crippen molar-refractivity contribution in [2.75, 3.05) is 26.2 Å². The van der Waals surface area contributed by atoms with E-state index in [2.05, 4.69) is 37.2 Å². The summed E-state index contributed by atoms with van der Waals surface area (Å²) in [7, 11) is 0. The van der Waals surface area contributed by atoms with E-state index >= 15 is 0 Å². The van der Waals surface area contributed by atoms with Crippen LogP contribution < -0.4 is 60.2 Å². The van der Waals surface area contributed by atoms with Gasteiger partial charge >= 0.3 is 5.97 Å². The molecule has 0 unspecified atom stereocenters. The molecule has 1 aliphatic rings. The molecule has 0 bridgehead atoms. The highest BCUT2D eigenvalue weighted by molar-refractivity contribution is 5.98. The maximum Gasteiger partial charge on any atom is 0.322 e. The van der Waals surface area contributed by atoms with Crippen LogP contribution in [0.1, 0.15) is 52.4 Å². The van der Waals surface area contributed by atoms with Gasteiger partial charge in [-0.2, -0.15) is 0 Å². The van der Waals surface area contributed by atoms with Crippen LogP contribution in [0.2, 0.25) is 0 Å². The number of amides is 11. The summed E-state index contributed by atoms with van der Waals surface area (Å²) in [6.45, 7) is 0.393. The third kappa shape index (κ3) is 17.3. The molecule has 1 fully saturated rings. The van der Waals surface area contributed by atoms with E-state index in [0.717, 1.165) is 4.90 Å². The van der Waals surface area contributed by atoms with Crippen molar-refractivity contribution in [1.29, 1.82) is 0 Å². The topological polar surface area (TPSA) is 417 Å². The summed E-state index contributed by atoms with van der Waals surface area (Å²) in [6.07, 6.45) is -1.60. The zero-order valence-electron chi connectivity index (χ0n) is 30.1. The van der Waals surface area contributed by atoms with Gasteiger partial charge in [-0.1, -0.05) is 0 Å². The SMILES string of the molecule is C[C@H](N)C(=O)N[C@@H](CC(N)=O)C(=O)NCC(=O)N[C@@H](C)C(=O)NCC(=O)N[C@@H](CC(N)=O)C(=O)N[C@@H](CCC(N)=O)C(=O)N1CCC[C@H]1C(=O)NCC(=O)O. The molecule has 16 N–H and O–H groups in total. The average Bonchev–Trinajstić information content (AvgIpc) is 3.59. The van der Waals surface area contributed by atoms with Gasteiger partial charge in [-0.15, -0.1) is 0 Å². The van der Waals surface area contributed by atoms with Gasteiger partial charge in [-0.3, -0.25) is 57.5 Å². The second-order valence-corrected chi connectivity index (χ2v) is 12.4. The zero-order valence-corrected chi connectivity index (χ0v) is 30.1. The number of nitrogens with one attached hydrogen (secondary N) is 7. The number of nitrogens with two attached hydrogens (primary N) is 4. The number of aliphatic carboxylic acids is 1. The zero-order chi connectivity index (χ0) is 42.0. The Balaban J connectivity index is 2.86. The highest BCUT2D eigenvalue weighted by Crippen LogP contribution is 2.20.